The van der Waals surface area contributed by atoms with Crippen molar-refractivity contribution in [2.45, 2.75) is 5.78 Å². The van der Waals surface area contributed by atoms with Gasteiger partial charge >= 0.3 is 15.2 Å². The van der Waals surface area contributed by atoms with Gasteiger partial charge in [-0.1, -0.05) is 18.2 Å². The third kappa shape index (κ3) is 5.55. The molecule has 1 aromatic carbocycles. The molecule has 0 fully saturated rings. The Morgan fingerprint density at radius 2 is 1.65 bits per heavy atom. The van der Waals surface area contributed by atoms with Crippen molar-refractivity contribution in [1.29, 1.82) is 0 Å². The van der Waals surface area contributed by atoms with Gasteiger partial charge in [-0.05, 0) is 29.8 Å². The predicted molar refractivity (Wildman–Crippen MR) is 83.9 cm³/mol. The van der Waals surface area contributed by atoms with Crippen molar-refractivity contribution in [3.63, 3.8) is 0 Å². The number of hydrogen-bond acceptors (Lipinski definition) is 5. The average molecular weight is 358 g/mol. The van der Waals surface area contributed by atoms with E-state index in [0.717, 1.165) is 0 Å². The molecule has 0 bridgehead atoms. The summed E-state index contributed by atoms with van der Waals surface area (Å²) in [7, 11) is -8.72. The zero-order chi connectivity index (χ0) is 16.9. The second kappa shape index (κ2) is 7.36. The third-order valence-electron chi connectivity index (χ3n) is 2.83. The Morgan fingerprint density at radius 3 is 2.22 bits per heavy atom. The van der Waals surface area contributed by atoms with Crippen molar-refractivity contribution >= 4 is 15.2 Å². The van der Waals surface area contributed by atoms with Gasteiger partial charge in [0.05, 0.1) is 0 Å². The van der Waals surface area contributed by atoms with Crippen LogP contribution in [0.3, 0.4) is 0 Å². The van der Waals surface area contributed by atoms with E-state index in [9.17, 15) is 23.8 Å². The van der Waals surface area contributed by atoms with Crippen LogP contribution < -0.4 is 9.84 Å². The van der Waals surface area contributed by atoms with Gasteiger partial charge < -0.3 is 19.2 Å². The molecule has 2 aromatic rings. The molecule has 0 aliphatic heterocycles. The lowest BCUT2D eigenvalue weighted by molar-refractivity contribution is 0.344. The topological polar surface area (TPSA) is 129 Å². The highest BCUT2D eigenvalue weighted by Crippen LogP contribution is 2.51. The Hall–Kier alpha value is -1.53. The highest BCUT2D eigenvalue weighted by atomic mass is 31.2. The van der Waals surface area contributed by atoms with E-state index >= 15 is 0 Å². The summed E-state index contributed by atoms with van der Waals surface area (Å²) in [5.41, 5.74) is 0.257. The molecule has 0 aliphatic carbocycles. The summed E-state index contributed by atoms with van der Waals surface area (Å²) in [4.78, 5) is 32.5. The van der Waals surface area contributed by atoms with Gasteiger partial charge in [-0.2, -0.15) is 0 Å². The first-order valence-electron chi connectivity index (χ1n) is 6.53. The summed E-state index contributed by atoms with van der Waals surface area (Å²) in [6, 6.07) is 10.8. The van der Waals surface area contributed by atoms with E-state index < -0.39 is 27.3 Å². The minimum absolute atomic E-state index is 0.191. The van der Waals surface area contributed by atoms with Gasteiger partial charge in [-0.25, -0.2) is 4.57 Å². The van der Waals surface area contributed by atoms with E-state index in [1.54, 1.807) is 18.2 Å². The van der Waals surface area contributed by atoms with Crippen LogP contribution in [0.4, 0.5) is 0 Å². The fraction of sp³-hybridized carbons (Fsp3) is 0.154. The highest BCUT2D eigenvalue weighted by Gasteiger charge is 2.33. The third-order valence-corrected chi connectivity index (χ3v) is 5.07. The zero-order valence-corrected chi connectivity index (χ0v) is 13.7. The fourth-order valence-corrected chi connectivity index (χ4v) is 3.82. The second-order valence-electron chi connectivity index (χ2n) is 4.68. The summed E-state index contributed by atoms with van der Waals surface area (Å²) in [5.74, 6) is -1.23. The van der Waals surface area contributed by atoms with Crippen molar-refractivity contribution in [1.82, 2.24) is 10.3 Å². The molecule has 10 heteroatoms. The van der Waals surface area contributed by atoms with Gasteiger partial charge in [0.1, 0.15) is 17.8 Å². The molecule has 0 radical (unpaired) electrons. The molecule has 2 unspecified atom stereocenters. The van der Waals surface area contributed by atoms with Crippen molar-refractivity contribution in [3.8, 4) is 5.75 Å². The molecule has 1 aromatic heterocycles. The highest BCUT2D eigenvalue weighted by molar-refractivity contribution is 7.53. The smallest absolute Gasteiger partial charge is 0.390 e. The van der Waals surface area contributed by atoms with Crippen LogP contribution in [0.25, 0.3) is 0 Å². The molecule has 1 heterocycles. The summed E-state index contributed by atoms with van der Waals surface area (Å²) in [6.07, 6.45) is 2.12. The summed E-state index contributed by atoms with van der Waals surface area (Å²) >= 11 is 0. The van der Waals surface area contributed by atoms with Crippen molar-refractivity contribution in [3.05, 3.63) is 60.4 Å². The van der Waals surface area contributed by atoms with Crippen molar-refractivity contribution in [2.24, 2.45) is 0 Å². The Morgan fingerprint density at radius 1 is 1.04 bits per heavy atom. The van der Waals surface area contributed by atoms with Gasteiger partial charge in [0.15, 0.2) is 0 Å². The molecule has 0 aliphatic rings. The molecular weight excluding hydrogens is 342 g/mol. The number of nitrogens with zero attached hydrogens (tertiary/aromatic N) is 1. The fourth-order valence-electron chi connectivity index (χ4n) is 1.86. The number of pyridine rings is 1. The molecule has 0 saturated carbocycles. The van der Waals surface area contributed by atoms with E-state index in [-0.39, 0.29) is 11.3 Å². The van der Waals surface area contributed by atoms with Crippen LogP contribution in [0.15, 0.2) is 54.9 Å². The van der Waals surface area contributed by atoms with Crippen molar-refractivity contribution < 1.29 is 28.3 Å². The van der Waals surface area contributed by atoms with Crippen molar-refractivity contribution in [2.75, 3.05) is 6.29 Å². The minimum Gasteiger partial charge on any atom is -0.424 e. The molecule has 124 valence electrons. The Balaban J connectivity index is 2.09. The first kappa shape index (κ1) is 17.8. The minimum atomic E-state index is -4.59. The van der Waals surface area contributed by atoms with E-state index in [0.29, 0.717) is 0 Å². The first-order valence-corrected chi connectivity index (χ1v) is 9.97. The maximum Gasteiger partial charge on any atom is 0.390 e. The lowest BCUT2D eigenvalue weighted by Crippen LogP contribution is -2.23. The van der Waals surface area contributed by atoms with Crippen LogP contribution in [0, 0.1) is 0 Å². The first-order chi connectivity index (χ1) is 10.8. The summed E-state index contributed by atoms with van der Waals surface area (Å²) in [5, 5.41) is 2.41. The Kier molecular flexibility index (Phi) is 5.70. The molecule has 0 spiro atoms. The van der Waals surface area contributed by atoms with Gasteiger partial charge in [-0.3, -0.25) is 14.9 Å². The number of rotatable bonds is 7. The lowest BCUT2D eigenvalue weighted by atomic mass is 10.3. The molecule has 0 amide bonds. The predicted octanol–water partition coefficient (Wildman–Crippen LogP) is 2.07. The number of para-hydroxylation sites is 1. The molecule has 4 N–H and O–H groups in total. The van der Waals surface area contributed by atoms with Gasteiger partial charge in [0.2, 0.25) is 0 Å². The zero-order valence-electron chi connectivity index (χ0n) is 11.9. The van der Waals surface area contributed by atoms with Crippen LogP contribution in [-0.4, -0.2) is 26.0 Å². The van der Waals surface area contributed by atoms with E-state index in [4.69, 9.17) is 4.52 Å². The Bertz CT molecular complexity index is 722. The van der Waals surface area contributed by atoms with Crippen LogP contribution in [-0.2, 0) is 9.13 Å². The number of hydrogen-bond donors (Lipinski definition) is 4. The van der Waals surface area contributed by atoms with E-state index in [1.165, 1.54) is 36.7 Å². The number of aromatic nitrogens is 1. The molecule has 2 rings (SSSR count). The molecule has 8 nitrogen and oxygen atoms in total. The van der Waals surface area contributed by atoms with E-state index in [1.807, 2.05) is 0 Å². The second-order valence-corrected chi connectivity index (χ2v) is 8.14. The average Bonchev–Trinajstić information content (AvgIpc) is 2.47. The number of nitrogens with one attached hydrogen (secondary N) is 1. The SMILES string of the molecule is O=P(O)(CNC(c1ccncc1)P(=O)(O)O)Oc1ccccc1. The van der Waals surface area contributed by atoms with Crippen LogP contribution >= 0.6 is 15.2 Å². The van der Waals surface area contributed by atoms with Crippen LogP contribution in [0.5, 0.6) is 5.75 Å². The molecule has 23 heavy (non-hydrogen) atoms. The molecule has 2 atom stereocenters. The standard InChI is InChI=1S/C13H16N2O6P2/c16-22(17,21-12-4-2-1-3-5-12)10-15-13(23(18,19)20)11-6-8-14-9-7-11/h1-9,13,15H,10H2,(H,16,17)(H2,18,19,20). The van der Waals surface area contributed by atoms with Gasteiger partial charge in [0.25, 0.3) is 0 Å². The Labute approximate surface area is 132 Å². The quantitative estimate of drug-likeness (QED) is 0.554. The largest absolute Gasteiger partial charge is 0.424 e. The van der Waals surface area contributed by atoms with Gasteiger partial charge in [-0.15, -0.1) is 0 Å². The maximum absolute atomic E-state index is 12.1. The number of benzene rings is 1. The lowest BCUT2D eigenvalue weighted by Gasteiger charge is -2.22. The van der Waals surface area contributed by atoms with Gasteiger partial charge in [0, 0.05) is 12.4 Å². The summed E-state index contributed by atoms with van der Waals surface area (Å²) in [6.45, 7) is 0. The van der Waals surface area contributed by atoms with E-state index in [2.05, 4.69) is 10.3 Å². The molecular formula is C13H16N2O6P2. The molecule has 0 saturated heterocycles. The maximum atomic E-state index is 12.1. The summed E-state index contributed by atoms with van der Waals surface area (Å²) < 4.78 is 28.6. The van der Waals surface area contributed by atoms with Crippen LogP contribution in [0.1, 0.15) is 11.3 Å². The normalized spacial score (nSPS) is 15.6. The van der Waals surface area contributed by atoms with Crippen LogP contribution in [0.2, 0.25) is 0 Å². The monoisotopic (exact) mass is 358 g/mol.